The van der Waals surface area contributed by atoms with Crippen molar-refractivity contribution in [2.24, 2.45) is 0 Å². The third kappa shape index (κ3) is 5.76. The van der Waals surface area contributed by atoms with Crippen molar-refractivity contribution >= 4 is 5.97 Å². The van der Waals surface area contributed by atoms with Crippen molar-refractivity contribution < 1.29 is 14.6 Å². The van der Waals surface area contributed by atoms with Gasteiger partial charge in [-0.25, -0.2) is 0 Å². The molecule has 0 aliphatic heterocycles. The van der Waals surface area contributed by atoms with E-state index in [1.165, 1.54) is 32.2 Å². The molecule has 4 nitrogen and oxygen atoms in total. The topological polar surface area (TPSA) is 49.8 Å². The van der Waals surface area contributed by atoms with Gasteiger partial charge in [0.15, 0.2) is 0 Å². The lowest BCUT2D eigenvalue weighted by Gasteiger charge is -2.21. The summed E-state index contributed by atoms with van der Waals surface area (Å²) in [7, 11) is 0. The largest absolute Gasteiger partial charge is 0.492 e. The maximum Gasteiger partial charge on any atom is 0.307 e. The fraction of sp³-hybridized carbons (Fsp3) is 0.588. The highest BCUT2D eigenvalue weighted by atomic mass is 16.5. The Labute approximate surface area is 126 Å². The summed E-state index contributed by atoms with van der Waals surface area (Å²) >= 11 is 0. The third-order valence-electron chi connectivity index (χ3n) is 3.79. The molecule has 0 amide bonds. The van der Waals surface area contributed by atoms with Crippen LogP contribution in [-0.4, -0.2) is 41.7 Å². The molecule has 0 unspecified atom stereocenters. The van der Waals surface area contributed by atoms with Gasteiger partial charge in [-0.05, 0) is 43.5 Å². The molecule has 0 saturated heterocycles. The van der Waals surface area contributed by atoms with E-state index >= 15 is 0 Å². The van der Waals surface area contributed by atoms with E-state index in [1.54, 1.807) is 0 Å². The van der Waals surface area contributed by atoms with Gasteiger partial charge in [0.1, 0.15) is 12.4 Å². The molecule has 0 aromatic heterocycles. The Balaban J connectivity index is 1.73. The average Bonchev–Trinajstić information content (AvgIpc) is 3.28. The van der Waals surface area contributed by atoms with Crippen LogP contribution >= 0.6 is 0 Å². The predicted octanol–water partition coefficient (Wildman–Crippen LogP) is 2.96. The molecule has 4 heteroatoms. The van der Waals surface area contributed by atoms with Crippen molar-refractivity contribution in [3.8, 4) is 5.75 Å². The van der Waals surface area contributed by atoms with Gasteiger partial charge in [-0.2, -0.15) is 0 Å². The minimum Gasteiger partial charge on any atom is -0.492 e. The summed E-state index contributed by atoms with van der Waals surface area (Å²) in [5.41, 5.74) is 0.803. The lowest BCUT2D eigenvalue weighted by molar-refractivity contribution is -0.136. The summed E-state index contributed by atoms with van der Waals surface area (Å²) in [4.78, 5) is 13.1. The molecule has 1 saturated carbocycles. The Morgan fingerprint density at radius 1 is 1.29 bits per heavy atom. The van der Waals surface area contributed by atoms with E-state index in [0.29, 0.717) is 6.61 Å². The number of carboxylic acids is 1. The molecule has 1 aliphatic rings. The van der Waals surface area contributed by atoms with E-state index < -0.39 is 5.97 Å². The van der Waals surface area contributed by atoms with Crippen LogP contribution in [0.25, 0.3) is 0 Å². The van der Waals surface area contributed by atoms with E-state index in [1.807, 2.05) is 24.3 Å². The molecule has 0 atom stereocenters. The second kappa shape index (κ2) is 8.03. The highest BCUT2D eigenvalue weighted by Gasteiger charge is 2.27. The second-order valence-electron chi connectivity index (χ2n) is 5.68. The maximum absolute atomic E-state index is 10.6. The minimum absolute atomic E-state index is 0.0623. The van der Waals surface area contributed by atoms with E-state index in [-0.39, 0.29) is 6.42 Å². The zero-order valence-electron chi connectivity index (χ0n) is 12.8. The first-order chi connectivity index (χ1) is 10.2. The highest BCUT2D eigenvalue weighted by Crippen LogP contribution is 2.26. The first-order valence-electron chi connectivity index (χ1n) is 7.86. The van der Waals surface area contributed by atoms with Crippen molar-refractivity contribution in [1.29, 1.82) is 0 Å². The number of ether oxygens (including phenoxy) is 1. The molecule has 0 bridgehead atoms. The lowest BCUT2D eigenvalue weighted by atomic mass is 10.1. The number of carbonyl (C=O) groups is 1. The first-order valence-corrected chi connectivity index (χ1v) is 7.86. The minimum atomic E-state index is -0.806. The standard InChI is InChI=1S/C17H25NO3/c1-2-3-10-18(15-6-7-15)11-12-21-16-8-4-14(5-9-16)13-17(19)20/h4-5,8-9,15H,2-3,6-7,10-13H2,1H3,(H,19,20). The molecule has 1 aromatic rings. The quantitative estimate of drug-likeness (QED) is 0.720. The van der Waals surface area contributed by atoms with E-state index in [2.05, 4.69) is 11.8 Å². The Bertz CT molecular complexity index is 440. The van der Waals surface area contributed by atoms with Gasteiger partial charge in [-0.1, -0.05) is 25.5 Å². The van der Waals surface area contributed by atoms with Crippen LogP contribution in [0.5, 0.6) is 5.75 Å². The van der Waals surface area contributed by atoms with Crippen LogP contribution < -0.4 is 4.74 Å². The molecule has 1 aliphatic carbocycles. The summed E-state index contributed by atoms with van der Waals surface area (Å²) in [6.45, 7) is 5.06. The number of hydrogen-bond acceptors (Lipinski definition) is 3. The SMILES string of the molecule is CCCCN(CCOc1ccc(CC(=O)O)cc1)C1CC1. The molecule has 2 rings (SSSR count). The van der Waals surface area contributed by atoms with Gasteiger partial charge in [-0.15, -0.1) is 0 Å². The van der Waals surface area contributed by atoms with Crippen LogP contribution in [0.15, 0.2) is 24.3 Å². The van der Waals surface area contributed by atoms with Crippen LogP contribution in [0.2, 0.25) is 0 Å². The van der Waals surface area contributed by atoms with Crippen molar-refractivity contribution in [2.45, 2.75) is 45.1 Å². The first kappa shape index (κ1) is 15.8. The van der Waals surface area contributed by atoms with Gasteiger partial charge >= 0.3 is 5.97 Å². The Morgan fingerprint density at radius 2 is 2.00 bits per heavy atom. The molecule has 0 heterocycles. The fourth-order valence-electron chi connectivity index (χ4n) is 2.44. The van der Waals surface area contributed by atoms with Gasteiger partial charge in [0.05, 0.1) is 6.42 Å². The number of rotatable bonds is 10. The summed E-state index contributed by atoms with van der Waals surface area (Å²) in [6.07, 6.45) is 5.20. The van der Waals surface area contributed by atoms with Crippen LogP contribution in [0.1, 0.15) is 38.2 Å². The molecular formula is C17H25NO3. The second-order valence-corrected chi connectivity index (χ2v) is 5.68. The average molecular weight is 291 g/mol. The Morgan fingerprint density at radius 3 is 2.57 bits per heavy atom. The van der Waals surface area contributed by atoms with Crippen molar-refractivity contribution in [3.05, 3.63) is 29.8 Å². The molecule has 1 N–H and O–H groups in total. The summed E-state index contributed by atoms with van der Waals surface area (Å²) < 4.78 is 5.77. The zero-order valence-corrected chi connectivity index (χ0v) is 12.8. The molecular weight excluding hydrogens is 266 g/mol. The Hall–Kier alpha value is -1.55. The monoisotopic (exact) mass is 291 g/mol. The van der Waals surface area contributed by atoms with Gasteiger partial charge in [0, 0.05) is 12.6 Å². The molecule has 116 valence electrons. The van der Waals surface area contributed by atoms with Gasteiger partial charge < -0.3 is 9.84 Å². The van der Waals surface area contributed by atoms with Crippen molar-refractivity contribution in [3.63, 3.8) is 0 Å². The fourth-order valence-corrected chi connectivity index (χ4v) is 2.44. The van der Waals surface area contributed by atoms with Crippen molar-refractivity contribution in [2.75, 3.05) is 19.7 Å². The van der Waals surface area contributed by atoms with Gasteiger partial charge in [-0.3, -0.25) is 9.69 Å². The Kier molecular flexibility index (Phi) is 6.05. The molecule has 0 spiro atoms. The molecule has 1 aromatic carbocycles. The van der Waals surface area contributed by atoms with Crippen LogP contribution in [-0.2, 0) is 11.2 Å². The summed E-state index contributed by atoms with van der Waals surface area (Å²) in [5.74, 6) is 0.00930. The van der Waals surface area contributed by atoms with Crippen LogP contribution in [0, 0.1) is 0 Å². The van der Waals surface area contributed by atoms with Crippen LogP contribution in [0.4, 0.5) is 0 Å². The molecule has 1 fully saturated rings. The van der Waals surface area contributed by atoms with Gasteiger partial charge in [0.2, 0.25) is 0 Å². The number of aliphatic carboxylic acids is 1. The van der Waals surface area contributed by atoms with Crippen molar-refractivity contribution in [1.82, 2.24) is 4.90 Å². The van der Waals surface area contributed by atoms with E-state index in [4.69, 9.17) is 9.84 Å². The van der Waals surface area contributed by atoms with Crippen LogP contribution in [0.3, 0.4) is 0 Å². The lowest BCUT2D eigenvalue weighted by Crippen LogP contribution is -2.31. The normalized spacial score (nSPS) is 14.4. The number of carboxylic acid groups (broad SMARTS) is 1. The number of unbranched alkanes of at least 4 members (excludes halogenated alkanes) is 1. The maximum atomic E-state index is 10.6. The predicted molar refractivity (Wildman–Crippen MR) is 82.8 cm³/mol. The van der Waals surface area contributed by atoms with E-state index in [9.17, 15) is 4.79 Å². The molecule has 0 radical (unpaired) electrons. The molecule has 21 heavy (non-hydrogen) atoms. The number of hydrogen-bond donors (Lipinski definition) is 1. The summed E-state index contributed by atoms with van der Waals surface area (Å²) in [6, 6.07) is 8.12. The van der Waals surface area contributed by atoms with E-state index in [0.717, 1.165) is 23.9 Å². The zero-order chi connectivity index (χ0) is 15.1. The highest BCUT2D eigenvalue weighted by molar-refractivity contribution is 5.70. The summed E-state index contributed by atoms with van der Waals surface area (Å²) in [5, 5.41) is 8.73. The third-order valence-corrected chi connectivity index (χ3v) is 3.79. The number of benzene rings is 1. The number of nitrogens with zero attached hydrogens (tertiary/aromatic N) is 1. The smallest absolute Gasteiger partial charge is 0.307 e. The van der Waals surface area contributed by atoms with Gasteiger partial charge in [0.25, 0.3) is 0 Å².